The van der Waals surface area contributed by atoms with Gasteiger partial charge in [-0.1, -0.05) is 0 Å². The van der Waals surface area contributed by atoms with Crippen molar-refractivity contribution in [2.45, 2.75) is 0 Å². The summed E-state index contributed by atoms with van der Waals surface area (Å²) in [6.07, 6.45) is 0. The topological polar surface area (TPSA) is 0 Å². The highest BCUT2D eigenvalue weighted by Crippen LogP contribution is 2.44. The minimum absolute atomic E-state index is 0.780. The van der Waals surface area contributed by atoms with Crippen LogP contribution in [0.5, 0.6) is 0 Å². The van der Waals surface area contributed by atoms with Gasteiger partial charge in [-0.3, -0.25) is 0 Å². The van der Waals surface area contributed by atoms with E-state index in [9.17, 15) is 8.39 Å². The van der Waals surface area contributed by atoms with Crippen molar-refractivity contribution >= 4 is 18.5 Å². The first-order chi connectivity index (χ1) is 2.00. The monoisotopic (exact) mass is 116 g/mol. The Bertz CT molecular complexity index is 55.8. The van der Waals surface area contributed by atoms with Crippen LogP contribution < -0.4 is 0 Å². The summed E-state index contributed by atoms with van der Waals surface area (Å²) in [5.74, 6) is 0. The Hall–Kier alpha value is 0.510. The van der Waals surface area contributed by atoms with E-state index in [-0.39, 0.29) is 0 Å². The zero-order chi connectivity index (χ0) is 4.50. The zero-order valence-corrected chi connectivity index (χ0v) is 4.32. The third-order valence-electron chi connectivity index (χ3n) is 0. The van der Waals surface area contributed by atoms with E-state index in [4.69, 9.17) is 0 Å². The third kappa shape index (κ3) is 109. The van der Waals surface area contributed by atoms with Gasteiger partial charge in [0.25, 0.3) is 6.66 Å². The van der Waals surface area contributed by atoms with Gasteiger partial charge in [-0.15, -0.1) is 0 Å². The van der Waals surface area contributed by atoms with Crippen LogP contribution in [-0.4, -0.2) is 6.66 Å². The molecule has 0 fully saturated rings. The zero-order valence-electron chi connectivity index (χ0n) is 2.61. The standard InChI is InChI=1S/CH3F2PS/c1-4(2,3)5/h1H3. The predicted molar refractivity (Wildman–Crippen MR) is 22.4 cm³/mol. The second-order valence-electron chi connectivity index (χ2n) is 0.723. The summed E-state index contributed by atoms with van der Waals surface area (Å²) in [7, 11) is 0. The smallest absolute Gasteiger partial charge is 0.182 e. The Labute approximate surface area is 34.4 Å². The second-order valence-corrected chi connectivity index (χ2v) is 4.09. The first-order valence-corrected chi connectivity index (χ1v) is 4.00. The SMILES string of the molecule is CP(F)(F)=S. The molecule has 0 spiro atoms. The molecule has 0 unspecified atom stereocenters. The lowest BCUT2D eigenvalue weighted by atomic mass is 12.0. The highest BCUT2D eigenvalue weighted by Gasteiger charge is 1.97. The molecule has 0 saturated carbocycles. The molecule has 0 heterocycles. The van der Waals surface area contributed by atoms with E-state index in [2.05, 4.69) is 11.8 Å². The Morgan fingerprint density at radius 3 is 1.60 bits per heavy atom. The van der Waals surface area contributed by atoms with Crippen LogP contribution in [0.1, 0.15) is 0 Å². The van der Waals surface area contributed by atoms with E-state index in [1.54, 1.807) is 0 Å². The second kappa shape index (κ2) is 1.31. The van der Waals surface area contributed by atoms with Crippen molar-refractivity contribution in [3.8, 4) is 0 Å². The van der Waals surface area contributed by atoms with Gasteiger partial charge in [0.1, 0.15) is 0 Å². The molecule has 0 aromatic carbocycles. The largest absolute Gasteiger partial charge is 0.270 e. The van der Waals surface area contributed by atoms with E-state index < -0.39 is 6.66 Å². The normalized spacial score (nSPS) is 11.8. The Kier molecular flexibility index (Phi) is 1.44. The van der Waals surface area contributed by atoms with Crippen LogP contribution in [0.2, 0.25) is 0 Å². The number of hydrogen-bond donors (Lipinski definition) is 0. The van der Waals surface area contributed by atoms with Crippen molar-refractivity contribution in [3.05, 3.63) is 0 Å². The van der Waals surface area contributed by atoms with E-state index >= 15 is 0 Å². The fourth-order valence-corrected chi connectivity index (χ4v) is 0. The van der Waals surface area contributed by atoms with Gasteiger partial charge in [-0.05, 0) is 11.8 Å². The van der Waals surface area contributed by atoms with Gasteiger partial charge in [0.15, 0.2) is 0 Å². The summed E-state index contributed by atoms with van der Waals surface area (Å²) >= 11 is 3.60. The molecule has 5 heavy (non-hydrogen) atoms. The van der Waals surface area contributed by atoms with Crippen LogP contribution in [0.4, 0.5) is 8.39 Å². The maximum Gasteiger partial charge on any atom is 0.270 e. The summed E-state index contributed by atoms with van der Waals surface area (Å²) < 4.78 is 21.9. The van der Waals surface area contributed by atoms with Crippen LogP contribution in [-0.2, 0) is 11.8 Å². The van der Waals surface area contributed by atoms with E-state index in [0.717, 1.165) is 6.66 Å². The van der Waals surface area contributed by atoms with E-state index in [1.807, 2.05) is 0 Å². The third-order valence-corrected chi connectivity index (χ3v) is 0. The Balaban J connectivity index is 3.47. The molecule has 0 aromatic heterocycles. The first-order valence-electron chi connectivity index (χ1n) is 0.968. The van der Waals surface area contributed by atoms with Crippen LogP contribution in [0, 0.1) is 0 Å². The van der Waals surface area contributed by atoms with E-state index in [1.165, 1.54) is 0 Å². The molecule has 0 aliphatic carbocycles. The van der Waals surface area contributed by atoms with Gasteiger partial charge in [0.2, 0.25) is 0 Å². The van der Waals surface area contributed by atoms with E-state index in [0.29, 0.717) is 0 Å². The van der Waals surface area contributed by atoms with Crippen molar-refractivity contribution in [3.63, 3.8) is 0 Å². The lowest BCUT2D eigenvalue weighted by Crippen LogP contribution is -1.41. The van der Waals surface area contributed by atoms with Gasteiger partial charge in [-0.25, -0.2) is 0 Å². The molecule has 0 bridgehead atoms. The summed E-state index contributed by atoms with van der Waals surface area (Å²) in [6.45, 7) is -3.03. The highest BCUT2D eigenvalue weighted by atomic mass is 32.5. The lowest BCUT2D eigenvalue weighted by molar-refractivity contribution is 0.752. The first kappa shape index (κ1) is 5.51. The van der Waals surface area contributed by atoms with Crippen LogP contribution in [0.25, 0.3) is 0 Å². The van der Waals surface area contributed by atoms with Crippen LogP contribution >= 0.6 is 6.66 Å². The summed E-state index contributed by atoms with van der Waals surface area (Å²) in [6, 6.07) is 0. The Morgan fingerprint density at radius 1 is 1.60 bits per heavy atom. The minimum atomic E-state index is -3.81. The molecule has 0 N–H and O–H groups in total. The molecule has 0 aliphatic rings. The van der Waals surface area contributed by atoms with Crippen molar-refractivity contribution < 1.29 is 8.39 Å². The average molecular weight is 116 g/mol. The number of rotatable bonds is 0. The van der Waals surface area contributed by atoms with Gasteiger partial charge in [0, 0.05) is 6.66 Å². The van der Waals surface area contributed by atoms with Crippen LogP contribution in [0.3, 0.4) is 0 Å². The molecule has 0 nitrogen and oxygen atoms in total. The fraction of sp³-hybridized carbons (Fsp3) is 1.00. The fourth-order valence-electron chi connectivity index (χ4n) is 0. The molecule has 0 saturated heterocycles. The van der Waals surface area contributed by atoms with Crippen molar-refractivity contribution in [1.82, 2.24) is 0 Å². The molecule has 0 aliphatic heterocycles. The minimum Gasteiger partial charge on any atom is -0.182 e. The molecule has 0 amide bonds. The highest BCUT2D eigenvalue weighted by molar-refractivity contribution is 8.09. The van der Waals surface area contributed by atoms with Crippen molar-refractivity contribution in [1.29, 1.82) is 0 Å². The van der Waals surface area contributed by atoms with Gasteiger partial charge in [0.05, 0.1) is 0 Å². The molecule has 0 aromatic rings. The maximum atomic E-state index is 10.9. The van der Waals surface area contributed by atoms with Crippen LogP contribution in [0.15, 0.2) is 0 Å². The molecule has 0 radical (unpaired) electrons. The van der Waals surface area contributed by atoms with Gasteiger partial charge < -0.3 is 0 Å². The molecule has 0 rings (SSSR count). The van der Waals surface area contributed by atoms with Gasteiger partial charge >= 0.3 is 0 Å². The Morgan fingerprint density at radius 2 is 1.60 bits per heavy atom. The summed E-state index contributed by atoms with van der Waals surface area (Å²) in [5, 5.41) is 0. The lowest BCUT2D eigenvalue weighted by Gasteiger charge is -1.80. The van der Waals surface area contributed by atoms with Gasteiger partial charge in [-0.2, -0.15) is 8.39 Å². The number of halogens is 2. The molecule has 32 valence electrons. The molecule has 0 atom stereocenters. The summed E-state index contributed by atoms with van der Waals surface area (Å²) in [4.78, 5) is 0. The molecule has 4 heteroatoms. The maximum absolute atomic E-state index is 10.9. The quantitative estimate of drug-likeness (QED) is 0.435. The van der Waals surface area contributed by atoms with Crippen molar-refractivity contribution in [2.75, 3.05) is 6.66 Å². The average Bonchev–Trinajstić information content (AvgIpc) is 0.722. The van der Waals surface area contributed by atoms with Crippen molar-refractivity contribution in [2.24, 2.45) is 0 Å². The molecular weight excluding hydrogens is 113 g/mol. The molecular formula is CH3F2PS. The number of hydrogen-bond acceptors (Lipinski definition) is 1. The predicted octanol–water partition coefficient (Wildman–Crippen LogP) is 1.86. The summed E-state index contributed by atoms with van der Waals surface area (Å²) in [5.41, 5.74) is 0.